The van der Waals surface area contributed by atoms with Crippen molar-refractivity contribution < 1.29 is 14.4 Å². The van der Waals surface area contributed by atoms with Crippen molar-refractivity contribution >= 4 is 29.2 Å². The largest absolute Gasteiger partial charge is 0.347 e. The van der Waals surface area contributed by atoms with Gasteiger partial charge in [-0.3, -0.25) is 9.59 Å². The van der Waals surface area contributed by atoms with E-state index in [-0.39, 0.29) is 29.8 Å². The number of amides is 4. The number of hydrogen-bond acceptors (Lipinski definition) is 3. The van der Waals surface area contributed by atoms with Gasteiger partial charge in [0.15, 0.2) is 0 Å². The van der Waals surface area contributed by atoms with Crippen molar-refractivity contribution in [2.45, 2.75) is 39.3 Å². The van der Waals surface area contributed by atoms with E-state index in [1.54, 1.807) is 24.3 Å². The number of hydrogen-bond donors (Lipinski definition) is 4. The van der Waals surface area contributed by atoms with E-state index in [1.165, 1.54) is 0 Å². The van der Waals surface area contributed by atoms with Gasteiger partial charge in [0.25, 0.3) is 0 Å². The molecule has 0 saturated heterocycles. The topological polar surface area (TPSA) is 99.3 Å². The molecule has 35 heavy (non-hydrogen) atoms. The van der Waals surface area contributed by atoms with Gasteiger partial charge in [-0.2, -0.15) is 0 Å². The van der Waals surface area contributed by atoms with Crippen LogP contribution < -0.4 is 21.3 Å². The van der Waals surface area contributed by atoms with Gasteiger partial charge >= 0.3 is 6.03 Å². The molecule has 182 valence electrons. The van der Waals surface area contributed by atoms with Gasteiger partial charge in [0.1, 0.15) is 6.04 Å². The summed E-state index contributed by atoms with van der Waals surface area (Å²) in [6.07, 6.45) is 0.346. The molecule has 7 heteroatoms. The first kappa shape index (κ1) is 25.5. The zero-order valence-corrected chi connectivity index (χ0v) is 20.2. The Labute approximate surface area is 206 Å². The van der Waals surface area contributed by atoms with Crippen molar-refractivity contribution in [2.75, 3.05) is 10.6 Å². The first-order valence-corrected chi connectivity index (χ1v) is 11.7. The normalized spacial score (nSPS) is 12.3. The number of carbonyl (C=O) groups is 3. The quantitative estimate of drug-likeness (QED) is 0.335. The molecule has 0 radical (unpaired) electrons. The molecule has 2 atom stereocenters. The molecule has 4 N–H and O–H groups in total. The summed E-state index contributed by atoms with van der Waals surface area (Å²) in [6, 6.07) is 24.2. The Morgan fingerprint density at radius 3 is 1.77 bits per heavy atom. The van der Waals surface area contributed by atoms with Crippen molar-refractivity contribution in [3.05, 3.63) is 96.1 Å². The van der Waals surface area contributed by atoms with Crippen LogP contribution in [0, 0.1) is 5.92 Å². The lowest BCUT2D eigenvalue weighted by Crippen LogP contribution is -2.41. The maximum Gasteiger partial charge on any atom is 0.323 e. The zero-order chi connectivity index (χ0) is 25.2. The average Bonchev–Trinajstić information content (AvgIpc) is 2.83. The second-order valence-electron chi connectivity index (χ2n) is 8.81. The first-order valence-electron chi connectivity index (χ1n) is 11.7. The van der Waals surface area contributed by atoms with Gasteiger partial charge < -0.3 is 21.3 Å². The SMILES string of the molecule is CC(C)CC(=O)NC(C(=O)NC(C)c1ccc(NC(=O)Nc2ccccc2)cc1)c1ccccc1. The van der Waals surface area contributed by atoms with Gasteiger partial charge in [0, 0.05) is 17.8 Å². The fourth-order valence-corrected chi connectivity index (χ4v) is 3.59. The van der Waals surface area contributed by atoms with E-state index in [0.717, 1.165) is 11.1 Å². The summed E-state index contributed by atoms with van der Waals surface area (Å²) >= 11 is 0. The number of rotatable bonds is 9. The Morgan fingerprint density at radius 1 is 0.657 bits per heavy atom. The van der Waals surface area contributed by atoms with Crippen LogP contribution in [0.2, 0.25) is 0 Å². The molecule has 0 aliphatic heterocycles. The standard InChI is InChI=1S/C28H32N4O3/c1-19(2)18-25(33)32-26(22-10-6-4-7-11-22)27(34)29-20(3)21-14-16-24(17-15-21)31-28(35)30-23-12-8-5-9-13-23/h4-17,19-20,26H,18H2,1-3H3,(H,29,34)(H,32,33)(H2,30,31,35). The smallest absolute Gasteiger partial charge is 0.323 e. The van der Waals surface area contributed by atoms with Crippen LogP contribution in [0.25, 0.3) is 0 Å². The second kappa shape index (κ2) is 12.4. The third-order valence-electron chi connectivity index (χ3n) is 5.35. The van der Waals surface area contributed by atoms with Crippen molar-refractivity contribution in [3.8, 4) is 0 Å². The van der Waals surface area contributed by atoms with Crippen molar-refractivity contribution in [3.63, 3.8) is 0 Å². The first-order chi connectivity index (χ1) is 16.8. The summed E-state index contributed by atoms with van der Waals surface area (Å²) in [6.45, 7) is 5.80. The van der Waals surface area contributed by atoms with Crippen LogP contribution in [-0.4, -0.2) is 17.8 Å². The summed E-state index contributed by atoms with van der Waals surface area (Å²) in [5.41, 5.74) is 2.92. The van der Waals surface area contributed by atoms with Gasteiger partial charge in [-0.1, -0.05) is 74.5 Å². The molecule has 0 fully saturated rings. The molecule has 4 amide bonds. The molecule has 3 aromatic carbocycles. The minimum Gasteiger partial charge on any atom is -0.347 e. The lowest BCUT2D eigenvalue weighted by Gasteiger charge is -2.22. The minimum atomic E-state index is -0.785. The van der Waals surface area contributed by atoms with Crippen LogP contribution in [0.15, 0.2) is 84.9 Å². The van der Waals surface area contributed by atoms with Gasteiger partial charge in [-0.25, -0.2) is 4.79 Å². The Hall–Kier alpha value is -4.13. The van der Waals surface area contributed by atoms with E-state index >= 15 is 0 Å². The van der Waals surface area contributed by atoms with E-state index in [9.17, 15) is 14.4 Å². The molecule has 0 aromatic heterocycles. The minimum absolute atomic E-state index is 0.166. The van der Waals surface area contributed by atoms with Crippen molar-refractivity contribution in [1.29, 1.82) is 0 Å². The number of nitrogens with one attached hydrogen (secondary N) is 4. The highest BCUT2D eigenvalue weighted by Crippen LogP contribution is 2.20. The van der Waals surface area contributed by atoms with E-state index in [0.29, 0.717) is 17.8 Å². The van der Waals surface area contributed by atoms with Crippen LogP contribution in [0.4, 0.5) is 16.2 Å². The van der Waals surface area contributed by atoms with Crippen molar-refractivity contribution in [2.24, 2.45) is 5.92 Å². The molecule has 2 unspecified atom stereocenters. The monoisotopic (exact) mass is 472 g/mol. The van der Waals surface area contributed by atoms with Crippen LogP contribution >= 0.6 is 0 Å². The number of benzene rings is 3. The molecule has 0 aliphatic carbocycles. The molecule has 0 spiro atoms. The van der Waals surface area contributed by atoms with Crippen molar-refractivity contribution in [1.82, 2.24) is 10.6 Å². The molecule has 3 aromatic rings. The fourth-order valence-electron chi connectivity index (χ4n) is 3.59. The number of para-hydroxylation sites is 1. The highest BCUT2D eigenvalue weighted by Gasteiger charge is 2.24. The van der Waals surface area contributed by atoms with E-state index < -0.39 is 6.04 Å². The lowest BCUT2D eigenvalue weighted by molar-refractivity contribution is -0.130. The molecule has 0 bridgehead atoms. The van der Waals surface area contributed by atoms with Crippen LogP contribution in [-0.2, 0) is 9.59 Å². The number of urea groups is 1. The molecule has 0 saturated carbocycles. The van der Waals surface area contributed by atoms with Gasteiger partial charge in [-0.15, -0.1) is 0 Å². The van der Waals surface area contributed by atoms with E-state index in [4.69, 9.17) is 0 Å². The van der Waals surface area contributed by atoms with Crippen LogP contribution in [0.3, 0.4) is 0 Å². The third-order valence-corrected chi connectivity index (χ3v) is 5.35. The molecule has 0 aliphatic rings. The molecular weight excluding hydrogens is 440 g/mol. The van der Waals surface area contributed by atoms with E-state index in [2.05, 4.69) is 21.3 Å². The lowest BCUT2D eigenvalue weighted by atomic mass is 10.0. The Bertz CT molecular complexity index is 1120. The molecule has 3 rings (SSSR count). The maximum atomic E-state index is 13.1. The fraction of sp³-hybridized carbons (Fsp3) is 0.250. The second-order valence-corrected chi connectivity index (χ2v) is 8.81. The highest BCUT2D eigenvalue weighted by molar-refractivity contribution is 5.99. The highest BCUT2D eigenvalue weighted by atomic mass is 16.2. The van der Waals surface area contributed by atoms with Crippen LogP contribution in [0.1, 0.15) is 50.4 Å². The summed E-state index contributed by atoms with van der Waals surface area (Å²) in [7, 11) is 0. The number of anilines is 2. The van der Waals surface area contributed by atoms with Crippen LogP contribution in [0.5, 0.6) is 0 Å². The maximum absolute atomic E-state index is 13.1. The van der Waals surface area contributed by atoms with Gasteiger partial charge in [-0.05, 0) is 48.2 Å². The Kier molecular flexibility index (Phi) is 9.01. The van der Waals surface area contributed by atoms with E-state index in [1.807, 2.05) is 81.4 Å². The molecule has 0 heterocycles. The Morgan fingerprint density at radius 2 is 1.20 bits per heavy atom. The molecular formula is C28H32N4O3. The zero-order valence-electron chi connectivity index (χ0n) is 20.2. The summed E-state index contributed by atoms with van der Waals surface area (Å²) in [4.78, 5) is 37.7. The number of carbonyl (C=O) groups excluding carboxylic acids is 3. The predicted molar refractivity (Wildman–Crippen MR) is 139 cm³/mol. The summed E-state index contributed by atoms with van der Waals surface area (Å²) < 4.78 is 0. The molecule has 7 nitrogen and oxygen atoms in total. The third kappa shape index (κ3) is 7.99. The van der Waals surface area contributed by atoms with Gasteiger partial charge in [0.05, 0.1) is 6.04 Å². The van der Waals surface area contributed by atoms with Gasteiger partial charge in [0.2, 0.25) is 11.8 Å². The Balaban J connectivity index is 1.62. The summed E-state index contributed by atoms with van der Waals surface area (Å²) in [5, 5.41) is 11.4. The summed E-state index contributed by atoms with van der Waals surface area (Å²) in [5.74, 6) is -0.263. The predicted octanol–water partition coefficient (Wildman–Crippen LogP) is 5.41. The average molecular weight is 473 g/mol.